The maximum atomic E-state index is 13.8. The van der Waals surface area contributed by atoms with E-state index < -0.39 is 11.6 Å². The number of benzene rings is 1. The molecule has 0 saturated heterocycles. The van der Waals surface area contributed by atoms with E-state index in [0.29, 0.717) is 5.56 Å². The van der Waals surface area contributed by atoms with Crippen molar-refractivity contribution >= 4 is 0 Å². The summed E-state index contributed by atoms with van der Waals surface area (Å²) < 4.78 is 26.7. The largest absolute Gasteiger partial charge is 0.310 e. The maximum absolute atomic E-state index is 13.8. The quantitative estimate of drug-likeness (QED) is 0.820. The molecule has 18 heavy (non-hydrogen) atoms. The molecule has 1 N–H and O–H groups in total. The zero-order valence-electron chi connectivity index (χ0n) is 11.7. The molecule has 0 radical (unpaired) electrons. The van der Waals surface area contributed by atoms with Crippen LogP contribution in [0.5, 0.6) is 0 Å². The minimum Gasteiger partial charge on any atom is -0.310 e. The van der Waals surface area contributed by atoms with Gasteiger partial charge in [-0.25, -0.2) is 8.78 Å². The van der Waals surface area contributed by atoms with E-state index in [-0.39, 0.29) is 11.5 Å². The van der Waals surface area contributed by atoms with Gasteiger partial charge in [0.05, 0.1) is 0 Å². The van der Waals surface area contributed by atoms with Crippen LogP contribution < -0.4 is 5.32 Å². The lowest BCUT2D eigenvalue weighted by Crippen LogP contribution is -2.23. The van der Waals surface area contributed by atoms with Gasteiger partial charge in [0.15, 0.2) is 0 Å². The molecule has 102 valence electrons. The van der Waals surface area contributed by atoms with Crippen LogP contribution in [0.15, 0.2) is 18.2 Å². The smallest absolute Gasteiger partial charge is 0.130 e. The van der Waals surface area contributed by atoms with Gasteiger partial charge in [-0.2, -0.15) is 0 Å². The average Bonchev–Trinajstić information content (AvgIpc) is 2.24. The number of halogens is 2. The molecule has 1 atom stereocenters. The molecule has 0 fully saturated rings. The van der Waals surface area contributed by atoms with E-state index in [4.69, 9.17) is 0 Å². The molecule has 0 saturated carbocycles. The van der Waals surface area contributed by atoms with Gasteiger partial charge in [0.25, 0.3) is 0 Å². The summed E-state index contributed by atoms with van der Waals surface area (Å²) in [5.41, 5.74) is 0.770. The molecule has 1 aromatic rings. The first-order chi connectivity index (χ1) is 8.33. The Morgan fingerprint density at radius 2 is 1.89 bits per heavy atom. The van der Waals surface area contributed by atoms with E-state index in [0.717, 1.165) is 25.5 Å². The zero-order valence-corrected chi connectivity index (χ0v) is 11.7. The molecule has 3 heteroatoms. The van der Waals surface area contributed by atoms with Crippen LogP contribution in [0.2, 0.25) is 0 Å². The van der Waals surface area contributed by atoms with Gasteiger partial charge in [-0.3, -0.25) is 0 Å². The number of nitrogens with one attached hydrogen (secondary N) is 1. The van der Waals surface area contributed by atoms with E-state index >= 15 is 0 Å². The van der Waals surface area contributed by atoms with E-state index in [9.17, 15) is 8.78 Å². The molecule has 0 spiro atoms. The molecule has 0 heterocycles. The molecule has 0 aliphatic rings. The number of rotatable bonds is 5. The minimum atomic E-state index is -0.526. The van der Waals surface area contributed by atoms with Crippen molar-refractivity contribution in [2.45, 2.75) is 46.6 Å². The predicted octanol–water partition coefficient (Wildman–Crippen LogP) is 4.44. The van der Waals surface area contributed by atoms with Crippen molar-refractivity contribution in [3.63, 3.8) is 0 Å². The third-order valence-corrected chi connectivity index (χ3v) is 2.97. The third kappa shape index (κ3) is 4.73. The normalized spacial score (nSPS) is 13.7. The molecule has 0 aliphatic heterocycles. The molecule has 1 unspecified atom stereocenters. The monoisotopic (exact) mass is 255 g/mol. The standard InChI is InChI=1S/C15H23F2N/c1-5-18-14(8-9-15(2,3)4)12-7-6-11(16)10-13(12)17/h6-7,10,14,18H,5,8-9H2,1-4H3. The van der Waals surface area contributed by atoms with Gasteiger partial charge in [-0.1, -0.05) is 33.8 Å². The van der Waals surface area contributed by atoms with Crippen LogP contribution in [0.1, 0.15) is 52.1 Å². The summed E-state index contributed by atoms with van der Waals surface area (Å²) in [5, 5.41) is 3.27. The van der Waals surface area contributed by atoms with Crippen LogP contribution >= 0.6 is 0 Å². The zero-order chi connectivity index (χ0) is 13.8. The van der Waals surface area contributed by atoms with Gasteiger partial charge in [0, 0.05) is 17.7 Å². The Balaban J connectivity index is 2.83. The Morgan fingerprint density at radius 1 is 1.22 bits per heavy atom. The Kier molecular flexibility index (Phi) is 5.27. The first-order valence-electron chi connectivity index (χ1n) is 6.52. The maximum Gasteiger partial charge on any atom is 0.130 e. The Morgan fingerprint density at radius 3 is 2.39 bits per heavy atom. The van der Waals surface area contributed by atoms with Crippen LogP contribution in [0, 0.1) is 17.0 Å². The molecule has 0 bridgehead atoms. The molecule has 0 aliphatic carbocycles. The van der Waals surface area contributed by atoms with Crippen molar-refractivity contribution < 1.29 is 8.78 Å². The SMILES string of the molecule is CCNC(CCC(C)(C)C)c1ccc(F)cc1F. The second-order valence-corrected chi connectivity index (χ2v) is 5.88. The van der Waals surface area contributed by atoms with Crippen molar-refractivity contribution in [3.05, 3.63) is 35.4 Å². The van der Waals surface area contributed by atoms with E-state index in [1.165, 1.54) is 6.07 Å². The van der Waals surface area contributed by atoms with Crippen LogP contribution in [-0.2, 0) is 0 Å². The fourth-order valence-electron chi connectivity index (χ4n) is 1.98. The molecule has 1 rings (SSSR count). The lowest BCUT2D eigenvalue weighted by Gasteiger charge is -2.24. The van der Waals surface area contributed by atoms with Crippen LogP contribution in [0.25, 0.3) is 0 Å². The molecule has 1 aromatic carbocycles. The van der Waals surface area contributed by atoms with Gasteiger partial charge in [0.1, 0.15) is 11.6 Å². The second kappa shape index (κ2) is 6.28. The lowest BCUT2D eigenvalue weighted by atomic mass is 9.87. The van der Waals surface area contributed by atoms with Gasteiger partial charge >= 0.3 is 0 Å². The summed E-state index contributed by atoms with van der Waals surface area (Å²) in [4.78, 5) is 0. The Labute approximate surface area is 109 Å². The Bertz CT molecular complexity index is 383. The highest BCUT2D eigenvalue weighted by molar-refractivity contribution is 5.22. The highest BCUT2D eigenvalue weighted by Gasteiger charge is 2.19. The first kappa shape index (κ1) is 15.1. The van der Waals surface area contributed by atoms with Crippen molar-refractivity contribution in [2.24, 2.45) is 5.41 Å². The van der Waals surface area contributed by atoms with E-state index in [1.54, 1.807) is 6.07 Å². The van der Waals surface area contributed by atoms with Crippen molar-refractivity contribution in [1.82, 2.24) is 5.32 Å². The number of hydrogen-bond acceptors (Lipinski definition) is 1. The van der Waals surface area contributed by atoms with Gasteiger partial charge in [-0.05, 0) is 30.9 Å². The van der Waals surface area contributed by atoms with Crippen molar-refractivity contribution in [3.8, 4) is 0 Å². The highest BCUT2D eigenvalue weighted by Crippen LogP contribution is 2.28. The van der Waals surface area contributed by atoms with Crippen molar-refractivity contribution in [1.29, 1.82) is 0 Å². The van der Waals surface area contributed by atoms with Crippen LogP contribution in [0.4, 0.5) is 8.78 Å². The summed E-state index contributed by atoms with van der Waals surface area (Å²) >= 11 is 0. The van der Waals surface area contributed by atoms with Crippen molar-refractivity contribution in [2.75, 3.05) is 6.54 Å². The highest BCUT2D eigenvalue weighted by atomic mass is 19.1. The fourth-order valence-corrected chi connectivity index (χ4v) is 1.98. The topological polar surface area (TPSA) is 12.0 Å². The minimum absolute atomic E-state index is 0.0465. The van der Waals surface area contributed by atoms with Crippen LogP contribution in [0.3, 0.4) is 0 Å². The molecule has 0 aromatic heterocycles. The van der Waals surface area contributed by atoms with Crippen LogP contribution in [-0.4, -0.2) is 6.54 Å². The van der Waals surface area contributed by atoms with Gasteiger partial charge in [0.2, 0.25) is 0 Å². The Hall–Kier alpha value is -0.960. The van der Waals surface area contributed by atoms with E-state index in [2.05, 4.69) is 26.1 Å². The molecule has 1 nitrogen and oxygen atoms in total. The average molecular weight is 255 g/mol. The summed E-state index contributed by atoms with van der Waals surface area (Å²) in [6.45, 7) is 9.25. The van der Waals surface area contributed by atoms with Gasteiger partial charge < -0.3 is 5.32 Å². The fraction of sp³-hybridized carbons (Fsp3) is 0.600. The van der Waals surface area contributed by atoms with E-state index in [1.807, 2.05) is 6.92 Å². The molecular formula is C15H23F2N. The summed E-state index contributed by atoms with van der Waals surface area (Å²) in [6.07, 6.45) is 1.83. The number of hydrogen-bond donors (Lipinski definition) is 1. The third-order valence-electron chi connectivity index (χ3n) is 2.97. The molecular weight excluding hydrogens is 232 g/mol. The van der Waals surface area contributed by atoms with Gasteiger partial charge in [-0.15, -0.1) is 0 Å². The lowest BCUT2D eigenvalue weighted by molar-refractivity contribution is 0.330. The summed E-state index contributed by atoms with van der Waals surface area (Å²) in [6, 6.07) is 3.77. The summed E-state index contributed by atoms with van der Waals surface area (Å²) in [5.74, 6) is -0.989. The first-order valence-corrected chi connectivity index (χ1v) is 6.52. The summed E-state index contributed by atoms with van der Waals surface area (Å²) in [7, 11) is 0. The predicted molar refractivity (Wildman–Crippen MR) is 71.5 cm³/mol. The second-order valence-electron chi connectivity index (χ2n) is 5.88. The molecule has 0 amide bonds.